The van der Waals surface area contributed by atoms with E-state index >= 15 is 0 Å². The number of hydrogen-bond donors (Lipinski definition) is 1. The highest BCUT2D eigenvalue weighted by Gasteiger charge is 2.15. The third kappa shape index (κ3) is 5.07. The first-order valence-corrected chi connectivity index (χ1v) is 9.33. The molecule has 1 amide bonds. The molecule has 1 aliphatic rings. The number of morpholine rings is 1. The number of aromatic nitrogens is 2. The molecule has 0 atom stereocenters. The zero-order valence-electron chi connectivity index (χ0n) is 13.9. The van der Waals surface area contributed by atoms with Crippen LogP contribution in [0.4, 0.5) is 11.4 Å². The second-order valence-electron chi connectivity index (χ2n) is 5.58. The van der Waals surface area contributed by atoms with Crippen LogP contribution in [-0.4, -0.2) is 47.9 Å². The van der Waals surface area contributed by atoms with Gasteiger partial charge in [0.05, 0.1) is 29.7 Å². The van der Waals surface area contributed by atoms with E-state index in [0.29, 0.717) is 29.1 Å². The van der Waals surface area contributed by atoms with Gasteiger partial charge in [0.25, 0.3) is 0 Å². The van der Waals surface area contributed by atoms with Crippen LogP contribution in [0.25, 0.3) is 0 Å². The fourth-order valence-corrected chi connectivity index (χ4v) is 3.44. The predicted molar refractivity (Wildman–Crippen MR) is 101 cm³/mol. The van der Waals surface area contributed by atoms with Crippen molar-refractivity contribution in [3.05, 3.63) is 41.2 Å². The summed E-state index contributed by atoms with van der Waals surface area (Å²) in [5.74, 6) is 0.122. The molecule has 6 nitrogen and oxygen atoms in total. The van der Waals surface area contributed by atoms with Gasteiger partial charge in [-0.2, -0.15) is 0 Å². The van der Waals surface area contributed by atoms with Gasteiger partial charge < -0.3 is 15.0 Å². The number of carbonyl (C=O) groups excluding carboxylic acids is 1. The third-order valence-corrected chi connectivity index (χ3v) is 4.85. The number of hydrogen-bond acceptors (Lipinski definition) is 6. The van der Waals surface area contributed by atoms with Crippen LogP contribution in [0.15, 0.2) is 35.6 Å². The summed E-state index contributed by atoms with van der Waals surface area (Å²) in [6.45, 7) is 4.93. The number of halogens is 1. The summed E-state index contributed by atoms with van der Waals surface area (Å²) in [6.07, 6.45) is 1.69. The van der Waals surface area contributed by atoms with Gasteiger partial charge in [-0.3, -0.25) is 4.79 Å². The standard InChI is InChI=1S/C17H19ClN4O2S/c1-12-4-5-19-17(20-12)25-11-16(23)21-13-2-3-15(14(18)10-13)22-6-8-24-9-7-22/h2-5,10H,6-9,11H2,1H3,(H,21,23). The van der Waals surface area contributed by atoms with Crippen LogP contribution in [0.2, 0.25) is 5.02 Å². The van der Waals surface area contributed by atoms with E-state index in [-0.39, 0.29) is 11.7 Å². The summed E-state index contributed by atoms with van der Waals surface area (Å²) in [5, 5.41) is 4.07. The fourth-order valence-electron chi connectivity index (χ4n) is 2.47. The lowest BCUT2D eigenvalue weighted by Crippen LogP contribution is -2.36. The van der Waals surface area contributed by atoms with E-state index in [4.69, 9.17) is 16.3 Å². The van der Waals surface area contributed by atoms with E-state index in [2.05, 4.69) is 20.2 Å². The van der Waals surface area contributed by atoms with Crippen LogP contribution >= 0.6 is 23.4 Å². The Morgan fingerprint density at radius 1 is 1.36 bits per heavy atom. The smallest absolute Gasteiger partial charge is 0.234 e. The summed E-state index contributed by atoms with van der Waals surface area (Å²) in [4.78, 5) is 22.7. The Bertz CT molecular complexity index is 753. The second-order valence-corrected chi connectivity index (χ2v) is 6.93. The summed E-state index contributed by atoms with van der Waals surface area (Å²) in [5.41, 5.74) is 2.52. The van der Waals surface area contributed by atoms with E-state index in [9.17, 15) is 4.79 Å². The Labute approximate surface area is 155 Å². The molecule has 1 aromatic heterocycles. The van der Waals surface area contributed by atoms with Gasteiger partial charge in [-0.05, 0) is 31.2 Å². The minimum atomic E-state index is -0.120. The largest absolute Gasteiger partial charge is 0.378 e. The molecule has 25 heavy (non-hydrogen) atoms. The Morgan fingerprint density at radius 2 is 2.16 bits per heavy atom. The molecular formula is C17H19ClN4O2S. The number of carbonyl (C=O) groups is 1. The molecule has 0 aliphatic carbocycles. The first-order chi connectivity index (χ1) is 12.1. The minimum Gasteiger partial charge on any atom is -0.378 e. The third-order valence-electron chi connectivity index (χ3n) is 3.69. The van der Waals surface area contributed by atoms with E-state index in [0.717, 1.165) is 24.5 Å². The first-order valence-electron chi connectivity index (χ1n) is 7.96. The van der Waals surface area contributed by atoms with Crippen molar-refractivity contribution in [2.75, 3.05) is 42.3 Å². The normalized spacial score (nSPS) is 14.4. The van der Waals surface area contributed by atoms with E-state index in [1.807, 2.05) is 25.1 Å². The van der Waals surface area contributed by atoms with Crippen molar-refractivity contribution in [2.24, 2.45) is 0 Å². The molecule has 0 spiro atoms. The quantitative estimate of drug-likeness (QED) is 0.637. The lowest BCUT2D eigenvalue weighted by atomic mass is 10.2. The highest BCUT2D eigenvalue weighted by Crippen LogP contribution is 2.29. The fraction of sp³-hybridized carbons (Fsp3) is 0.353. The number of thioether (sulfide) groups is 1. The van der Waals surface area contributed by atoms with Crippen molar-refractivity contribution in [1.82, 2.24) is 9.97 Å². The number of nitrogens with zero attached hydrogens (tertiary/aromatic N) is 3. The molecule has 8 heteroatoms. The Hall–Kier alpha value is -1.83. The predicted octanol–water partition coefficient (Wildman–Crippen LogP) is 3.01. The van der Waals surface area contributed by atoms with Crippen molar-refractivity contribution in [1.29, 1.82) is 0 Å². The summed E-state index contributed by atoms with van der Waals surface area (Å²) < 4.78 is 5.35. The highest BCUT2D eigenvalue weighted by atomic mass is 35.5. The molecule has 2 aromatic rings. The number of benzene rings is 1. The van der Waals surface area contributed by atoms with Crippen LogP contribution in [0.5, 0.6) is 0 Å². The van der Waals surface area contributed by atoms with Crippen LogP contribution in [0.1, 0.15) is 5.69 Å². The maximum atomic E-state index is 12.1. The summed E-state index contributed by atoms with van der Waals surface area (Å²) in [7, 11) is 0. The number of nitrogens with one attached hydrogen (secondary N) is 1. The molecule has 1 saturated heterocycles. The molecule has 132 valence electrons. The number of amides is 1. The molecule has 2 heterocycles. The lowest BCUT2D eigenvalue weighted by Gasteiger charge is -2.29. The number of aryl methyl sites for hydroxylation is 1. The molecule has 0 bridgehead atoms. The molecule has 1 aromatic carbocycles. The van der Waals surface area contributed by atoms with Gasteiger partial charge in [0.1, 0.15) is 0 Å². The van der Waals surface area contributed by atoms with E-state index < -0.39 is 0 Å². The second kappa shape index (κ2) is 8.51. The summed E-state index contributed by atoms with van der Waals surface area (Å²) in [6, 6.07) is 7.39. The Balaban J connectivity index is 1.57. The van der Waals surface area contributed by atoms with Gasteiger partial charge in [-0.1, -0.05) is 23.4 Å². The number of ether oxygens (including phenoxy) is 1. The highest BCUT2D eigenvalue weighted by molar-refractivity contribution is 7.99. The average Bonchev–Trinajstić information content (AvgIpc) is 2.61. The van der Waals surface area contributed by atoms with Crippen LogP contribution in [0.3, 0.4) is 0 Å². The minimum absolute atomic E-state index is 0.120. The Kier molecular flexibility index (Phi) is 6.12. The molecular weight excluding hydrogens is 360 g/mol. The summed E-state index contributed by atoms with van der Waals surface area (Å²) >= 11 is 7.68. The molecule has 1 fully saturated rings. The zero-order valence-corrected chi connectivity index (χ0v) is 15.4. The van der Waals surface area contributed by atoms with Crippen molar-refractivity contribution >= 4 is 40.6 Å². The average molecular weight is 379 g/mol. The van der Waals surface area contributed by atoms with Gasteiger partial charge in [0.2, 0.25) is 5.91 Å². The molecule has 1 N–H and O–H groups in total. The first kappa shape index (κ1) is 18.0. The maximum absolute atomic E-state index is 12.1. The van der Waals surface area contributed by atoms with Gasteiger partial charge in [-0.15, -0.1) is 0 Å². The molecule has 3 rings (SSSR count). The van der Waals surface area contributed by atoms with Gasteiger partial charge in [0.15, 0.2) is 5.16 Å². The van der Waals surface area contributed by atoms with Crippen LogP contribution in [0, 0.1) is 6.92 Å². The maximum Gasteiger partial charge on any atom is 0.234 e. The molecule has 1 aliphatic heterocycles. The number of anilines is 2. The molecule has 0 radical (unpaired) electrons. The zero-order chi connectivity index (χ0) is 17.6. The van der Waals surface area contributed by atoms with Crippen molar-refractivity contribution < 1.29 is 9.53 Å². The van der Waals surface area contributed by atoms with Crippen LogP contribution < -0.4 is 10.2 Å². The monoisotopic (exact) mass is 378 g/mol. The van der Waals surface area contributed by atoms with E-state index in [1.54, 1.807) is 12.3 Å². The van der Waals surface area contributed by atoms with Crippen molar-refractivity contribution in [3.8, 4) is 0 Å². The molecule has 0 saturated carbocycles. The SMILES string of the molecule is Cc1ccnc(SCC(=O)Nc2ccc(N3CCOCC3)c(Cl)c2)n1. The van der Waals surface area contributed by atoms with Crippen molar-refractivity contribution in [2.45, 2.75) is 12.1 Å². The van der Waals surface area contributed by atoms with Crippen molar-refractivity contribution in [3.63, 3.8) is 0 Å². The Morgan fingerprint density at radius 3 is 2.88 bits per heavy atom. The van der Waals surface area contributed by atoms with Gasteiger partial charge in [0, 0.05) is 30.7 Å². The lowest BCUT2D eigenvalue weighted by molar-refractivity contribution is -0.113. The van der Waals surface area contributed by atoms with Gasteiger partial charge >= 0.3 is 0 Å². The van der Waals surface area contributed by atoms with Gasteiger partial charge in [-0.25, -0.2) is 9.97 Å². The van der Waals surface area contributed by atoms with E-state index in [1.165, 1.54) is 11.8 Å². The van der Waals surface area contributed by atoms with Crippen LogP contribution in [-0.2, 0) is 9.53 Å². The topological polar surface area (TPSA) is 67.4 Å². The number of rotatable bonds is 5. The molecule has 0 unspecified atom stereocenters.